The van der Waals surface area contributed by atoms with E-state index in [1.165, 1.54) is 4.31 Å². The van der Waals surface area contributed by atoms with Gasteiger partial charge in [-0.15, -0.1) is 0 Å². The maximum atomic E-state index is 13.7. The standard InChI is InChI=1S/C13H16F2N2O2S/c14-10-3-4-13(12(15)8-10)20(18,19)17-7-6-16-5-1-2-11(16)9-17/h3-4,8,11H,1-2,5-7,9H2/t11-/m0/s1. The molecule has 0 spiro atoms. The van der Waals surface area contributed by atoms with Crippen molar-refractivity contribution in [3.63, 3.8) is 0 Å². The number of benzene rings is 1. The van der Waals surface area contributed by atoms with Crippen molar-refractivity contribution in [2.24, 2.45) is 0 Å². The second-order valence-electron chi connectivity index (χ2n) is 5.27. The Hall–Kier alpha value is -1.05. The Morgan fingerprint density at radius 1 is 1.15 bits per heavy atom. The van der Waals surface area contributed by atoms with Crippen LogP contribution in [0.2, 0.25) is 0 Å². The summed E-state index contributed by atoms with van der Waals surface area (Å²) in [4.78, 5) is 1.83. The zero-order chi connectivity index (χ0) is 14.3. The van der Waals surface area contributed by atoms with Crippen LogP contribution in [0.25, 0.3) is 0 Å². The van der Waals surface area contributed by atoms with E-state index in [0.29, 0.717) is 25.7 Å². The van der Waals surface area contributed by atoms with E-state index in [1.807, 2.05) is 0 Å². The predicted molar refractivity (Wildman–Crippen MR) is 69.7 cm³/mol. The Bertz CT molecular complexity index is 621. The number of hydrogen-bond donors (Lipinski definition) is 0. The first-order valence-corrected chi connectivity index (χ1v) is 8.12. The minimum atomic E-state index is -3.88. The second-order valence-corrected chi connectivity index (χ2v) is 7.18. The van der Waals surface area contributed by atoms with Gasteiger partial charge in [-0.25, -0.2) is 17.2 Å². The molecule has 20 heavy (non-hydrogen) atoms. The maximum absolute atomic E-state index is 13.7. The molecule has 2 fully saturated rings. The molecule has 3 rings (SSSR count). The van der Waals surface area contributed by atoms with E-state index in [0.717, 1.165) is 31.5 Å². The zero-order valence-electron chi connectivity index (χ0n) is 10.9. The molecule has 0 aromatic heterocycles. The van der Waals surface area contributed by atoms with Crippen molar-refractivity contribution in [2.45, 2.75) is 23.8 Å². The van der Waals surface area contributed by atoms with Crippen LogP contribution in [-0.4, -0.2) is 49.8 Å². The van der Waals surface area contributed by atoms with Crippen LogP contribution in [0.1, 0.15) is 12.8 Å². The summed E-state index contributed by atoms with van der Waals surface area (Å²) < 4.78 is 52.8. The Morgan fingerprint density at radius 3 is 2.70 bits per heavy atom. The van der Waals surface area contributed by atoms with Crippen LogP contribution in [0.4, 0.5) is 8.78 Å². The lowest BCUT2D eigenvalue weighted by Crippen LogP contribution is -2.52. The molecule has 0 radical (unpaired) electrons. The summed E-state index contributed by atoms with van der Waals surface area (Å²) in [6.07, 6.45) is 2.04. The quantitative estimate of drug-likeness (QED) is 0.830. The Balaban J connectivity index is 1.88. The van der Waals surface area contributed by atoms with E-state index in [-0.39, 0.29) is 6.04 Å². The molecule has 4 nitrogen and oxygen atoms in total. The van der Waals surface area contributed by atoms with Gasteiger partial charge in [-0.2, -0.15) is 4.31 Å². The minimum absolute atomic E-state index is 0.224. The summed E-state index contributed by atoms with van der Waals surface area (Å²) in [5, 5.41) is 0. The van der Waals surface area contributed by atoms with Crippen molar-refractivity contribution < 1.29 is 17.2 Å². The first-order chi connectivity index (χ1) is 9.48. The normalized spacial score (nSPS) is 24.8. The third kappa shape index (κ3) is 2.34. The van der Waals surface area contributed by atoms with Crippen molar-refractivity contribution in [2.75, 3.05) is 26.2 Å². The third-order valence-electron chi connectivity index (χ3n) is 4.06. The van der Waals surface area contributed by atoms with E-state index in [9.17, 15) is 17.2 Å². The number of rotatable bonds is 2. The van der Waals surface area contributed by atoms with E-state index in [1.54, 1.807) is 0 Å². The summed E-state index contributed by atoms with van der Waals surface area (Å²) in [5.41, 5.74) is 0. The molecule has 0 saturated carbocycles. The number of hydrogen-bond acceptors (Lipinski definition) is 3. The van der Waals surface area contributed by atoms with E-state index < -0.39 is 26.6 Å². The second kappa shape index (κ2) is 5.05. The molecule has 1 atom stereocenters. The predicted octanol–water partition coefficient (Wildman–Crippen LogP) is 1.43. The molecule has 0 N–H and O–H groups in total. The molecule has 1 aromatic carbocycles. The highest BCUT2D eigenvalue weighted by molar-refractivity contribution is 7.89. The van der Waals surface area contributed by atoms with Gasteiger partial charge < -0.3 is 0 Å². The molecular weight excluding hydrogens is 286 g/mol. The summed E-state index contributed by atoms with van der Waals surface area (Å²) in [7, 11) is -3.88. The van der Waals surface area contributed by atoms with Crippen LogP contribution in [-0.2, 0) is 10.0 Å². The van der Waals surface area contributed by atoms with E-state index in [2.05, 4.69) is 4.90 Å². The van der Waals surface area contributed by atoms with Crippen molar-refractivity contribution in [3.8, 4) is 0 Å². The van der Waals surface area contributed by atoms with Crippen LogP contribution in [0, 0.1) is 11.6 Å². The van der Waals surface area contributed by atoms with E-state index >= 15 is 0 Å². The fourth-order valence-electron chi connectivity index (χ4n) is 3.00. The molecular formula is C13H16F2N2O2S. The van der Waals surface area contributed by atoms with Gasteiger partial charge >= 0.3 is 0 Å². The van der Waals surface area contributed by atoms with Crippen molar-refractivity contribution in [1.29, 1.82) is 0 Å². The molecule has 2 aliphatic heterocycles. The average molecular weight is 302 g/mol. The fraction of sp³-hybridized carbons (Fsp3) is 0.538. The van der Waals surface area contributed by atoms with Crippen molar-refractivity contribution in [1.82, 2.24) is 9.21 Å². The SMILES string of the molecule is O=S(=O)(c1ccc(F)cc1F)N1CCN2CCC[C@H]2C1. The topological polar surface area (TPSA) is 40.6 Å². The van der Waals surface area contributed by atoms with Gasteiger partial charge in [-0.05, 0) is 31.5 Å². The van der Waals surface area contributed by atoms with Crippen LogP contribution >= 0.6 is 0 Å². The van der Waals surface area contributed by atoms with Crippen LogP contribution in [0.15, 0.2) is 23.1 Å². The maximum Gasteiger partial charge on any atom is 0.246 e. The van der Waals surface area contributed by atoms with Gasteiger partial charge in [0, 0.05) is 31.7 Å². The highest BCUT2D eigenvalue weighted by Gasteiger charge is 2.37. The number of piperazine rings is 1. The molecule has 0 unspecified atom stereocenters. The molecule has 2 aliphatic rings. The Labute approximate surface area is 117 Å². The van der Waals surface area contributed by atoms with Crippen LogP contribution in [0.3, 0.4) is 0 Å². The van der Waals surface area contributed by atoms with Gasteiger partial charge in [0.05, 0.1) is 0 Å². The lowest BCUT2D eigenvalue weighted by atomic mass is 10.2. The fourth-order valence-corrected chi connectivity index (χ4v) is 4.52. The highest BCUT2D eigenvalue weighted by atomic mass is 32.2. The van der Waals surface area contributed by atoms with Crippen LogP contribution in [0.5, 0.6) is 0 Å². The number of sulfonamides is 1. The molecule has 2 heterocycles. The summed E-state index contributed by atoms with van der Waals surface area (Å²) in [6, 6.07) is 2.81. The summed E-state index contributed by atoms with van der Waals surface area (Å²) >= 11 is 0. The summed E-state index contributed by atoms with van der Waals surface area (Å²) in [5.74, 6) is -1.80. The monoisotopic (exact) mass is 302 g/mol. The number of halogens is 2. The van der Waals surface area contributed by atoms with Gasteiger partial charge in [0.1, 0.15) is 16.5 Å². The lowest BCUT2D eigenvalue weighted by molar-refractivity contribution is 0.158. The van der Waals surface area contributed by atoms with Crippen molar-refractivity contribution in [3.05, 3.63) is 29.8 Å². The van der Waals surface area contributed by atoms with Gasteiger partial charge in [-0.3, -0.25) is 4.90 Å². The van der Waals surface area contributed by atoms with Crippen molar-refractivity contribution >= 4 is 10.0 Å². The first-order valence-electron chi connectivity index (χ1n) is 6.68. The highest BCUT2D eigenvalue weighted by Crippen LogP contribution is 2.27. The molecule has 110 valence electrons. The number of nitrogens with zero attached hydrogens (tertiary/aromatic N) is 2. The average Bonchev–Trinajstić information content (AvgIpc) is 2.85. The number of fused-ring (bicyclic) bond motifs is 1. The molecule has 1 aromatic rings. The van der Waals surface area contributed by atoms with Crippen LogP contribution < -0.4 is 0 Å². The minimum Gasteiger partial charge on any atom is -0.298 e. The van der Waals surface area contributed by atoms with Gasteiger partial charge in [0.25, 0.3) is 0 Å². The van der Waals surface area contributed by atoms with Gasteiger partial charge in [0.15, 0.2) is 0 Å². The third-order valence-corrected chi connectivity index (χ3v) is 5.96. The van der Waals surface area contributed by atoms with Gasteiger partial charge in [0.2, 0.25) is 10.0 Å². The lowest BCUT2D eigenvalue weighted by Gasteiger charge is -2.36. The molecule has 2 saturated heterocycles. The molecule has 0 amide bonds. The van der Waals surface area contributed by atoms with E-state index in [4.69, 9.17) is 0 Å². The summed E-state index contributed by atoms with van der Waals surface area (Å²) in [6.45, 7) is 2.42. The van der Waals surface area contributed by atoms with Gasteiger partial charge in [-0.1, -0.05) is 0 Å². The zero-order valence-corrected chi connectivity index (χ0v) is 11.7. The largest absolute Gasteiger partial charge is 0.298 e. The molecule has 0 bridgehead atoms. The Morgan fingerprint density at radius 2 is 1.95 bits per heavy atom. The first kappa shape index (κ1) is 13.9. The smallest absolute Gasteiger partial charge is 0.246 e. The Kier molecular flexibility index (Phi) is 3.51. The molecule has 7 heteroatoms. The molecule has 0 aliphatic carbocycles.